The van der Waals surface area contributed by atoms with Gasteiger partial charge in [0.25, 0.3) is 11.1 Å². The Balaban J connectivity index is 1.46. The van der Waals surface area contributed by atoms with Crippen molar-refractivity contribution in [3.63, 3.8) is 0 Å². The van der Waals surface area contributed by atoms with Gasteiger partial charge in [-0.1, -0.05) is 11.6 Å². The van der Waals surface area contributed by atoms with E-state index in [-0.39, 0.29) is 17.4 Å². The summed E-state index contributed by atoms with van der Waals surface area (Å²) >= 11 is 6.73. The van der Waals surface area contributed by atoms with Crippen LogP contribution in [0, 0.1) is 0 Å². The monoisotopic (exact) mass is 430 g/mol. The summed E-state index contributed by atoms with van der Waals surface area (Å²) in [6.07, 6.45) is 4.56. The number of carbonyl (C=O) groups excluding carboxylic acids is 3. The fourth-order valence-electron chi connectivity index (χ4n) is 3.34. The van der Waals surface area contributed by atoms with E-state index in [0.717, 1.165) is 41.5 Å². The Bertz CT molecular complexity index is 977. The highest BCUT2D eigenvalue weighted by Crippen LogP contribution is 2.33. The lowest BCUT2D eigenvalue weighted by atomic mass is 10.1. The van der Waals surface area contributed by atoms with Gasteiger partial charge in [0.2, 0.25) is 5.91 Å². The number of likely N-dealkylation sites (tertiary alicyclic amines) is 1. The molecule has 3 amide bonds. The number of imide groups is 1. The maximum atomic E-state index is 12.6. The number of benzene rings is 1. The van der Waals surface area contributed by atoms with E-state index in [0.29, 0.717) is 29.6 Å². The second kappa shape index (κ2) is 8.47. The number of piperidine rings is 1. The fourth-order valence-corrected chi connectivity index (χ4v) is 4.29. The molecule has 1 aromatic carbocycles. The van der Waals surface area contributed by atoms with E-state index in [1.165, 1.54) is 6.08 Å². The minimum atomic E-state index is -0.463. The molecule has 0 unspecified atom stereocenters. The highest BCUT2D eigenvalue weighted by molar-refractivity contribution is 8.18. The molecule has 2 saturated heterocycles. The van der Waals surface area contributed by atoms with Crippen molar-refractivity contribution in [3.8, 4) is 11.3 Å². The third-order valence-corrected chi connectivity index (χ3v) is 6.06. The Morgan fingerprint density at radius 2 is 1.79 bits per heavy atom. The van der Waals surface area contributed by atoms with Crippen LogP contribution in [0.3, 0.4) is 0 Å². The van der Waals surface area contributed by atoms with Crippen molar-refractivity contribution >= 4 is 46.5 Å². The molecule has 0 spiro atoms. The second-order valence-electron chi connectivity index (χ2n) is 6.92. The van der Waals surface area contributed by atoms with Crippen molar-refractivity contribution in [3.05, 3.63) is 52.1 Å². The number of amides is 3. The molecule has 2 aromatic rings. The molecular weight excluding hydrogens is 412 g/mol. The summed E-state index contributed by atoms with van der Waals surface area (Å²) in [6, 6.07) is 10.7. The van der Waals surface area contributed by atoms with Crippen molar-refractivity contribution in [1.29, 1.82) is 0 Å². The lowest BCUT2D eigenvalue weighted by molar-refractivity contribution is -0.136. The van der Waals surface area contributed by atoms with Crippen LogP contribution in [0.2, 0.25) is 5.02 Å². The molecule has 0 radical (unpaired) electrons. The van der Waals surface area contributed by atoms with Gasteiger partial charge in [-0.15, -0.1) is 0 Å². The molecule has 2 aliphatic rings. The van der Waals surface area contributed by atoms with Crippen molar-refractivity contribution in [1.82, 2.24) is 9.80 Å². The molecule has 150 valence electrons. The number of thioether (sulfide) groups is 1. The molecule has 0 bridgehead atoms. The average molecular weight is 431 g/mol. The number of nitrogens with zero attached hydrogens (tertiary/aromatic N) is 2. The number of hydrogen-bond donors (Lipinski definition) is 0. The van der Waals surface area contributed by atoms with Crippen molar-refractivity contribution in [2.45, 2.75) is 19.3 Å². The van der Waals surface area contributed by atoms with Gasteiger partial charge < -0.3 is 9.32 Å². The molecule has 6 nitrogen and oxygen atoms in total. The van der Waals surface area contributed by atoms with Gasteiger partial charge in [-0.05, 0) is 67.4 Å². The number of carbonyl (C=O) groups is 3. The Labute approximate surface area is 177 Å². The van der Waals surface area contributed by atoms with Gasteiger partial charge in [-0.25, -0.2) is 0 Å². The number of halogens is 1. The zero-order valence-corrected chi connectivity index (χ0v) is 17.2. The zero-order valence-electron chi connectivity index (χ0n) is 15.6. The summed E-state index contributed by atoms with van der Waals surface area (Å²) in [4.78, 5) is 40.3. The highest BCUT2D eigenvalue weighted by atomic mass is 35.5. The van der Waals surface area contributed by atoms with E-state index >= 15 is 0 Å². The lowest BCUT2D eigenvalue weighted by Gasteiger charge is -2.27. The van der Waals surface area contributed by atoms with Crippen molar-refractivity contribution in [2.24, 2.45) is 0 Å². The minimum Gasteiger partial charge on any atom is -0.457 e. The Hall–Kier alpha value is -2.51. The third-order valence-electron chi connectivity index (χ3n) is 4.90. The molecule has 0 atom stereocenters. The van der Waals surface area contributed by atoms with Crippen LogP contribution in [0.15, 0.2) is 45.7 Å². The maximum Gasteiger partial charge on any atom is 0.294 e. The van der Waals surface area contributed by atoms with Gasteiger partial charge >= 0.3 is 0 Å². The molecule has 2 fully saturated rings. The standard InChI is InChI=1S/C21H19ClN2O4S/c22-15-6-4-14(5-7-15)17-9-8-16(28-17)12-18-20(26)24(21(27)29-18)13-19(25)23-10-2-1-3-11-23/h4-9,12H,1-3,10-11,13H2/b18-12-. The van der Waals surface area contributed by atoms with Gasteiger partial charge in [0.1, 0.15) is 18.1 Å². The number of hydrogen-bond acceptors (Lipinski definition) is 5. The Kier molecular flexibility index (Phi) is 5.78. The number of rotatable bonds is 4. The van der Waals surface area contributed by atoms with Crippen LogP contribution in [0.4, 0.5) is 4.79 Å². The molecule has 0 saturated carbocycles. The van der Waals surface area contributed by atoms with Crippen LogP contribution in [-0.2, 0) is 9.59 Å². The molecule has 0 N–H and O–H groups in total. The van der Waals surface area contributed by atoms with Crippen LogP contribution in [0.25, 0.3) is 17.4 Å². The minimum absolute atomic E-state index is 0.184. The van der Waals surface area contributed by atoms with Crippen LogP contribution in [0.1, 0.15) is 25.0 Å². The first-order valence-corrected chi connectivity index (χ1v) is 10.6. The molecule has 29 heavy (non-hydrogen) atoms. The lowest BCUT2D eigenvalue weighted by Crippen LogP contribution is -2.44. The first-order chi connectivity index (χ1) is 14.0. The fraction of sp³-hybridized carbons (Fsp3) is 0.286. The van der Waals surface area contributed by atoms with E-state index in [1.54, 1.807) is 29.2 Å². The molecule has 3 heterocycles. The smallest absolute Gasteiger partial charge is 0.294 e. The zero-order chi connectivity index (χ0) is 20.4. The average Bonchev–Trinajstić information content (AvgIpc) is 3.29. The SMILES string of the molecule is O=C(CN1C(=O)S/C(=C\c2ccc(-c3ccc(Cl)cc3)o2)C1=O)N1CCCCC1. The highest BCUT2D eigenvalue weighted by Gasteiger charge is 2.37. The maximum absolute atomic E-state index is 12.6. The van der Waals surface area contributed by atoms with Crippen LogP contribution in [0.5, 0.6) is 0 Å². The summed E-state index contributed by atoms with van der Waals surface area (Å²) in [7, 11) is 0. The van der Waals surface area contributed by atoms with Gasteiger partial charge in [0.05, 0.1) is 4.91 Å². The normalized spacial score (nSPS) is 18.7. The summed E-state index contributed by atoms with van der Waals surface area (Å²) < 4.78 is 5.78. The quantitative estimate of drug-likeness (QED) is 0.660. The largest absolute Gasteiger partial charge is 0.457 e. The first-order valence-electron chi connectivity index (χ1n) is 9.40. The van der Waals surface area contributed by atoms with E-state index in [1.807, 2.05) is 12.1 Å². The molecule has 1 aromatic heterocycles. The molecule has 0 aliphatic carbocycles. The second-order valence-corrected chi connectivity index (χ2v) is 8.35. The van der Waals surface area contributed by atoms with E-state index < -0.39 is 11.1 Å². The topological polar surface area (TPSA) is 70.8 Å². The van der Waals surface area contributed by atoms with E-state index in [4.69, 9.17) is 16.0 Å². The predicted molar refractivity (Wildman–Crippen MR) is 112 cm³/mol. The summed E-state index contributed by atoms with van der Waals surface area (Å²) in [5.41, 5.74) is 0.856. The van der Waals surface area contributed by atoms with Gasteiger partial charge in [-0.2, -0.15) is 0 Å². The number of furan rings is 1. The van der Waals surface area contributed by atoms with E-state index in [2.05, 4.69) is 0 Å². The van der Waals surface area contributed by atoms with Gasteiger partial charge in [-0.3, -0.25) is 19.3 Å². The first kappa shape index (κ1) is 19.8. The van der Waals surface area contributed by atoms with Crippen LogP contribution >= 0.6 is 23.4 Å². The van der Waals surface area contributed by atoms with Crippen molar-refractivity contribution in [2.75, 3.05) is 19.6 Å². The predicted octanol–water partition coefficient (Wildman–Crippen LogP) is 4.65. The van der Waals surface area contributed by atoms with Gasteiger partial charge in [0.15, 0.2) is 0 Å². The Morgan fingerprint density at radius 1 is 1.07 bits per heavy atom. The van der Waals surface area contributed by atoms with Crippen LogP contribution in [-0.4, -0.2) is 46.5 Å². The molecule has 2 aliphatic heterocycles. The van der Waals surface area contributed by atoms with E-state index in [9.17, 15) is 14.4 Å². The van der Waals surface area contributed by atoms with Crippen LogP contribution < -0.4 is 0 Å². The van der Waals surface area contributed by atoms with Crippen molar-refractivity contribution < 1.29 is 18.8 Å². The summed E-state index contributed by atoms with van der Waals surface area (Å²) in [5.74, 6) is 0.446. The molecular formula is C21H19ClN2O4S. The molecule has 8 heteroatoms. The third kappa shape index (κ3) is 4.41. The van der Waals surface area contributed by atoms with Gasteiger partial charge in [0, 0.05) is 29.8 Å². The summed E-state index contributed by atoms with van der Waals surface area (Å²) in [5, 5.41) is 0.199. The molecule has 4 rings (SSSR count). The summed E-state index contributed by atoms with van der Waals surface area (Å²) in [6.45, 7) is 1.16. The Morgan fingerprint density at radius 3 is 2.52 bits per heavy atom.